The zero-order chi connectivity index (χ0) is 16.7. The molecule has 7 nitrogen and oxygen atoms in total. The zero-order valence-corrected chi connectivity index (χ0v) is 13.5. The van der Waals surface area contributed by atoms with Gasteiger partial charge in [0.1, 0.15) is 6.33 Å². The molecular weight excluding hydrogens is 326 g/mol. The SMILES string of the molecule is CS(=O)(=O)c1ccc(-c2n[nH]c3ccc(-c4ncn[nH]4)cc23)cc1. The minimum absolute atomic E-state index is 0.286. The Morgan fingerprint density at radius 1 is 0.958 bits per heavy atom. The van der Waals surface area contributed by atoms with E-state index in [1.165, 1.54) is 12.6 Å². The van der Waals surface area contributed by atoms with Crippen LogP contribution in [0, 0.1) is 0 Å². The standard InChI is InChI=1S/C16H13N5O2S/c1-24(22,23)12-5-2-10(3-6-12)15-13-8-11(16-17-9-18-21-16)4-7-14(13)19-20-15/h2-9H,1H3,(H,19,20)(H,17,18,21). The number of nitrogens with zero attached hydrogens (tertiary/aromatic N) is 3. The van der Waals surface area contributed by atoms with Crippen molar-refractivity contribution in [1.29, 1.82) is 0 Å². The number of hydrogen-bond donors (Lipinski definition) is 2. The highest BCUT2D eigenvalue weighted by Gasteiger charge is 2.12. The van der Waals surface area contributed by atoms with Gasteiger partial charge in [0.15, 0.2) is 15.7 Å². The van der Waals surface area contributed by atoms with Crippen molar-refractivity contribution in [2.24, 2.45) is 0 Å². The van der Waals surface area contributed by atoms with E-state index in [1.54, 1.807) is 24.3 Å². The summed E-state index contributed by atoms with van der Waals surface area (Å²) < 4.78 is 23.2. The van der Waals surface area contributed by atoms with Crippen LogP contribution >= 0.6 is 0 Å². The molecular formula is C16H13N5O2S. The summed E-state index contributed by atoms with van der Waals surface area (Å²) in [4.78, 5) is 4.44. The molecule has 0 saturated carbocycles. The van der Waals surface area contributed by atoms with E-state index in [1.807, 2.05) is 18.2 Å². The summed E-state index contributed by atoms with van der Waals surface area (Å²) in [5, 5.41) is 15.0. The molecule has 120 valence electrons. The fourth-order valence-electron chi connectivity index (χ4n) is 2.59. The van der Waals surface area contributed by atoms with Gasteiger partial charge in [-0.05, 0) is 30.3 Å². The number of sulfone groups is 1. The summed E-state index contributed by atoms with van der Waals surface area (Å²) >= 11 is 0. The van der Waals surface area contributed by atoms with E-state index in [0.717, 1.165) is 27.7 Å². The van der Waals surface area contributed by atoms with Gasteiger partial charge in [-0.15, -0.1) is 0 Å². The first-order chi connectivity index (χ1) is 11.5. The second kappa shape index (κ2) is 5.27. The average molecular weight is 339 g/mol. The summed E-state index contributed by atoms with van der Waals surface area (Å²) in [5.74, 6) is 0.677. The summed E-state index contributed by atoms with van der Waals surface area (Å²) in [6, 6.07) is 12.5. The van der Waals surface area contributed by atoms with Crippen molar-refractivity contribution < 1.29 is 8.42 Å². The van der Waals surface area contributed by atoms with E-state index in [-0.39, 0.29) is 4.90 Å². The molecule has 0 amide bonds. The van der Waals surface area contributed by atoms with Crippen molar-refractivity contribution in [1.82, 2.24) is 25.4 Å². The number of nitrogens with one attached hydrogen (secondary N) is 2. The highest BCUT2D eigenvalue weighted by atomic mass is 32.2. The van der Waals surface area contributed by atoms with Crippen molar-refractivity contribution in [3.8, 4) is 22.6 Å². The van der Waals surface area contributed by atoms with Gasteiger partial charge in [0.05, 0.1) is 16.1 Å². The molecule has 0 saturated heterocycles. The Hall–Kier alpha value is -3.00. The van der Waals surface area contributed by atoms with E-state index in [2.05, 4.69) is 25.4 Å². The Morgan fingerprint density at radius 2 is 1.71 bits per heavy atom. The topological polar surface area (TPSA) is 104 Å². The second-order valence-corrected chi connectivity index (χ2v) is 7.48. The lowest BCUT2D eigenvalue weighted by atomic mass is 10.1. The van der Waals surface area contributed by atoms with Gasteiger partial charge < -0.3 is 0 Å². The molecule has 2 N–H and O–H groups in total. The molecule has 0 radical (unpaired) electrons. The van der Waals surface area contributed by atoms with Crippen molar-refractivity contribution in [3.05, 3.63) is 48.8 Å². The van der Waals surface area contributed by atoms with Crippen LogP contribution in [-0.4, -0.2) is 40.1 Å². The molecule has 0 aliphatic rings. The second-order valence-electron chi connectivity index (χ2n) is 5.46. The average Bonchev–Trinajstić information content (AvgIpc) is 3.23. The molecule has 4 rings (SSSR count). The van der Waals surface area contributed by atoms with Crippen LogP contribution in [0.4, 0.5) is 0 Å². The smallest absolute Gasteiger partial charge is 0.175 e. The van der Waals surface area contributed by atoms with Gasteiger partial charge in [0.2, 0.25) is 0 Å². The van der Waals surface area contributed by atoms with Gasteiger partial charge in [-0.2, -0.15) is 10.2 Å². The number of fused-ring (bicyclic) bond motifs is 1. The molecule has 0 unspecified atom stereocenters. The van der Waals surface area contributed by atoms with Gasteiger partial charge in [-0.25, -0.2) is 13.4 Å². The van der Waals surface area contributed by atoms with Crippen molar-refractivity contribution in [2.75, 3.05) is 6.26 Å². The Kier molecular flexibility index (Phi) is 3.20. The molecule has 24 heavy (non-hydrogen) atoms. The molecule has 2 aromatic carbocycles. The van der Waals surface area contributed by atoms with Crippen molar-refractivity contribution >= 4 is 20.7 Å². The number of aromatic amines is 2. The first-order valence-electron chi connectivity index (χ1n) is 7.17. The number of benzene rings is 2. The van der Waals surface area contributed by atoms with E-state index in [4.69, 9.17) is 0 Å². The van der Waals surface area contributed by atoms with Gasteiger partial charge >= 0.3 is 0 Å². The largest absolute Gasteiger partial charge is 0.277 e. The Morgan fingerprint density at radius 3 is 2.38 bits per heavy atom. The minimum atomic E-state index is -3.21. The molecule has 4 aromatic rings. The zero-order valence-electron chi connectivity index (χ0n) is 12.7. The van der Waals surface area contributed by atoms with Crippen LogP contribution in [0.15, 0.2) is 53.7 Å². The molecule has 8 heteroatoms. The lowest BCUT2D eigenvalue weighted by Gasteiger charge is -2.02. The summed E-state index contributed by atoms with van der Waals surface area (Å²) in [6.45, 7) is 0. The molecule has 0 bridgehead atoms. The van der Waals surface area contributed by atoms with Crippen LogP contribution in [0.2, 0.25) is 0 Å². The highest BCUT2D eigenvalue weighted by molar-refractivity contribution is 7.90. The van der Waals surface area contributed by atoms with Gasteiger partial charge in [0, 0.05) is 22.8 Å². The fourth-order valence-corrected chi connectivity index (χ4v) is 3.22. The maximum absolute atomic E-state index is 11.6. The molecule has 0 spiro atoms. The van der Waals surface area contributed by atoms with Crippen LogP contribution < -0.4 is 0 Å². The Labute approximate surface area is 137 Å². The first-order valence-corrected chi connectivity index (χ1v) is 9.06. The summed E-state index contributed by atoms with van der Waals surface area (Å²) in [6.07, 6.45) is 2.65. The molecule has 2 aromatic heterocycles. The first kappa shape index (κ1) is 14.6. The van der Waals surface area contributed by atoms with E-state index in [9.17, 15) is 8.42 Å². The Bertz CT molecular complexity index is 1110. The third-order valence-corrected chi connectivity index (χ3v) is 4.94. The summed E-state index contributed by atoms with van der Waals surface area (Å²) in [7, 11) is -3.21. The molecule has 0 atom stereocenters. The van der Waals surface area contributed by atoms with Gasteiger partial charge in [-0.1, -0.05) is 12.1 Å². The third-order valence-electron chi connectivity index (χ3n) is 3.81. The lowest BCUT2D eigenvalue weighted by Crippen LogP contribution is -1.96. The predicted octanol–water partition coefficient (Wildman–Crippen LogP) is 2.42. The molecule has 0 aliphatic carbocycles. The number of H-pyrrole nitrogens is 2. The molecule has 2 heterocycles. The van der Waals surface area contributed by atoms with E-state index in [0.29, 0.717) is 5.82 Å². The monoisotopic (exact) mass is 339 g/mol. The highest BCUT2D eigenvalue weighted by Crippen LogP contribution is 2.29. The van der Waals surface area contributed by atoms with Crippen molar-refractivity contribution in [2.45, 2.75) is 4.90 Å². The van der Waals surface area contributed by atoms with Crippen LogP contribution in [0.5, 0.6) is 0 Å². The van der Waals surface area contributed by atoms with Crippen LogP contribution in [0.1, 0.15) is 0 Å². The maximum Gasteiger partial charge on any atom is 0.175 e. The van der Waals surface area contributed by atoms with Crippen LogP contribution in [0.25, 0.3) is 33.5 Å². The van der Waals surface area contributed by atoms with Gasteiger partial charge in [-0.3, -0.25) is 10.2 Å². The van der Waals surface area contributed by atoms with E-state index >= 15 is 0 Å². The van der Waals surface area contributed by atoms with Crippen LogP contribution in [0.3, 0.4) is 0 Å². The van der Waals surface area contributed by atoms with Gasteiger partial charge in [0.25, 0.3) is 0 Å². The summed E-state index contributed by atoms with van der Waals surface area (Å²) in [5.41, 5.74) is 3.38. The fraction of sp³-hybridized carbons (Fsp3) is 0.0625. The Balaban J connectivity index is 1.83. The number of aromatic nitrogens is 5. The normalized spacial score (nSPS) is 11.9. The molecule has 0 aliphatic heterocycles. The molecule has 0 fully saturated rings. The van der Waals surface area contributed by atoms with E-state index < -0.39 is 9.84 Å². The maximum atomic E-state index is 11.6. The lowest BCUT2D eigenvalue weighted by molar-refractivity contribution is 0.602. The van der Waals surface area contributed by atoms with Crippen molar-refractivity contribution in [3.63, 3.8) is 0 Å². The van der Waals surface area contributed by atoms with Crippen LogP contribution in [-0.2, 0) is 9.84 Å². The quantitative estimate of drug-likeness (QED) is 0.596. The minimum Gasteiger partial charge on any atom is -0.277 e. The predicted molar refractivity (Wildman–Crippen MR) is 90.0 cm³/mol. The number of hydrogen-bond acceptors (Lipinski definition) is 5. The number of rotatable bonds is 3. The third kappa shape index (κ3) is 2.46.